The number of amides is 4. The van der Waals surface area contributed by atoms with Gasteiger partial charge in [-0.1, -0.05) is 0 Å². The maximum atomic E-state index is 12.0. The van der Waals surface area contributed by atoms with E-state index in [1.807, 2.05) is 0 Å². The predicted molar refractivity (Wildman–Crippen MR) is 76.0 cm³/mol. The van der Waals surface area contributed by atoms with Gasteiger partial charge in [0.15, 0.2) is 0 Å². The number of alkyl halides is 2. The van der Waals surface area contributed by atoms with E-state index in [2.05, 4.69) is 15.4 Å². The molecule has 4 amide bonds. The summed E-state index contributed by atoms with van der Waals surface area (Å²) >= 11 is 0. The molecule has 2 rings (SSSR count). The Morgan fingerprint density at radius 2 is 1.91 bits per heavy atom. The van der Waals surface area contributed by atoms with Crippen LogP contribution < -0.4 is 15.4 Å². The highest BCUT2D eigenvalue weighted by Gasteiger charge is 2.44. The lowest BCUT2D eigenvalue weighted by atomic mass is 10.1. The van der Waals surface area contributed by atoms with Gasteiger partial charge < -0.3 is 15.4 Å². The van der Waals surface area contributed by atoms with Crippen LogP contribution in [0.2, 0.25) is 0 Å². The van der Waals surface area contributed by atoms with Crippen molar-refractivity contribution in [3.8, 4) is 5.75 Å². The van der Waals surface area contributed by atoms with Crippen molar-refractivity contribution >= 4 is 23.5 Å². The van der Waals surface area contributed by atoms with Gasteiger partial charge in [0, 0.05) is 5.69 Å². The molecule has 9 heteroatoms. The van der Waals surface area contributed by atoms with Crippen LogP contribution in [0.5, 0.6) is 5.75 Å². The minimum Gasteiger partial charge on any atom is -0.435 e. The van der Waals surface area contributed by atoms with Crippen LogP contribution in [0.3, 0.4) is 0 Å². The summed E-state index contributed by atoms with van der Waals surface area (Å²) in [5.41, 5.74) is -0.728. The number of ether oxygens (including phenoxy) is 1. The van der Waals surface area contributed by atoms with Crippen molar-refractivity contribution in [2.75, 3.05) is 11.9 Å². The molecule has 0 saturated carbocycles. The number of halogens is 2. The maximum absolute atomic E-state index is 12.0. The van der Waals surface area contributed by atoms with E-state index in [1.165, 1.54) is 38.1 Å². The number of anilines is 1. The van der Waals surface area contributed by atoms with Gasteiger partial charge in [0.2, 0.25) is 5.91 Å². The second-order valence-corrected chi connectivity index (χ2v) is 5.40. The number of rotatable bonds is 5. The number of benzene rings is 1. The maximum Gasteiger partial charge on any atom is 0.387 e. The molecule has 1 aliphatic heterocycles. The van der Waals surface area contributed by atoms with E-state index in [4.69, 9.17) is 0 Å². The molecule has 124 valence electrons. The summed E-state index contributed by atoms with van der Waals surface area (Å²) in [6, 6.07) is 4.62. The van der Waals surface area contributed by atoms with Crippen LogP contribution in [0.1, 0.15) is 13.8 Å². The first-order valence-corrected chi connectivity index (χ1v) is 6.68. The summed E-state index contributed by atoms with van der Waals surface area (Å²) in [5, 5.41) is 4.92. The molecule has 7 nitrogen and oxygen atoms in total. The van der Waals surface area contributed by atoms with Gasteiger partial charge in [-0.05, 0) is 38.1 Å². The Hall–Kier alpha value is -2.71. The van der Waals surface area contributed by atoms with E-state index in [9.17, 15) is 23.2 Å². The molecule has 1 aromatic carbocycles. The monoisotopic (exact) mass is 327 g/mol. The lowest BCUT2D eigenvalue weighted by molar-refractivity contribution is -0.132. The highest BCUT2D eigenvalue weighted by molar-refractivity contribution is 6.09. The lowest BCUT2D eigenvalue weighted by Crippen LogP contribution is -2.41. The van der Waals surface area contributed by atoms with E-state index < -0.39 is 36.5 Å². The van der Waals surface area contributed by atoms with Crippen molar-refractivity contribution in [3.05, 3.63) is 24.3 Å². The number of imide groups is 1. The highest BCUT2D eigenvalue weighted by Crippen LogP contribution is 2.19. The first-order valence-electron chi connectivity index (χ1n) is 6.68. The van der Waals surface area contributed by atoms with Gasteiger partial charge in [-0.15, -0.1) is 0 Å². The summed E-state index contributed by atoms with van der Waals surface area (Å²) in [6.45, 7) is -0.304. The van der Waals surface area contributed by atoms with Crippen molar-refractivity contribution < 1.29 is 27.9 Å². The number of carbonyl (C=O) groups is 3. The van der Waals surface area contributed by atoms with Crippen LogP contribution >= 0.6 is 0 Å². The average Bonchev–Trinajstić information content (AvgIpc) is 2.62. The summed E-state index contributed by atoms with van der Waals surface area (Å²) in [5.74, 6) is -1.14. The zero-order chi connectivity index (χ0) is 17.2. The molecule has 0 aliphatic carbocycles. The van der Waals surface area contributed by atoms with Gasteiger partial charge in [-0.25, -0.2) is 4.79 Å². The fourth-order valence-electron chi connectivity index (χ4n) is 2.03. The largest absolute Gasteiger partial charge is 0.435 e. The fraction of sp³-hybridized carbons (Fsp3) is 0.357. The molecular weight excluding hydrogens is 312 g/mol. The van der Waals surface area contributed by atoms with Crippen LogP contribution in [0.15, 0.2) is 24.3 Å². The minimum absolute atomic E-state index is 0.0474. The van der Waals surface area contributed by atoms with Crippen molar-refractivity contribution in [2.24, 2.45) is 0 Å². The van der Waals surface area contributed by atoms with Gasteiger partial charge in [0.1, 0.15) is 17.8 Å². The Labute approximate surface area is 130 Å². The van der Waals surface area contributed by atoms with Crippen LogP contribution in [0.25, 0.3) is 0 Å². The lowest BCUT2D eigenvalue weighted by Gasteiger charge is -2.15. The first kappa shape index (κ1) is 16.7. The summed E-state index contributed by atoms with van der Waals surface area (Å²) < 4.78 is 28.2. The summed E-state index contributed by atoms with van der Waals surface area (Å²) in [4.78, 5) is 36.3. The second kappa shape index (κ2) is 6.19. The van der Waals surface area contributed by atoms with E-state index >= 15 is 0 Å². The summed E-state index contributed by atoms with van der Waals surface area (Å²) in [6.07, 6.45) is 0. The molecular formula is C14H15F2N3O4. The van der Waals surface area contributed by atoms with Gasteiger partial charge in [-0.3, -0.25) is 14.5 Å². The molecule has 1 saturated heterocycles. The third-order valence-electron chi connectivity index (χ3n) is 3.11. The van der Waals surface area contributed by atoms with Crippen LogP contribution in [0, 0.1) is 0 Å². The second-order valence-electron chi connectivity index (χ2n) is 5.40. The van der Waals surface area contributed by atoms with Crippen molar-refractivity contribution in [2.45, 2.75) is 26.0 Å². The zero-order valence-electron chi connectivity index (χ0n) is 12.4. The van der Waals surface area contributed by atoms with Gasteiger partial charge >= 0.3 is 12.6 Å². The fourth-order valence-corrected chi connectivity index (χ4v) is 2.03. The quantitative estimate of drug-likeness (QED) is 0.803. The number of nitrogens with one attached hydrogen (secondary N) is 2. The number of urea groups is 1. The average molecular weight is 327 g/mol. The molecule has 0 unspecified atom stereocenters. The normalized spacial score (nSPS) is 16.5. The molecule has 0 radical (unpaired) electrons. The number of hydrogen-bond acceptors (Lipinski definition) is 4. The zero-order valence-corrected chi connectivity index (χ0v) is 12.4. The van der Waals surface area contributed by atoms with E-state index in [-0.39, 0.29) is 5.75 Å². The topological polar surface area (TPSA) is 87.7 Å². The predicted octanol–water partition coefficient (Wildman–Crippen LogP) is 1.56. The Kier molecular flexibility index (Phi) is 4.48. The molecule has 0 spiro atoms. The van der Waals surface area contributed by atoms with Crippen LogP contribution in [0.4, 0.5) is 19.3 Å². The Morgan fingerprint density at radius 1 is 1.30 bits per heavy atom. The molecule has 0 bridgehead atoms. The Morgan fingerprint density at radius 3 is 2.39 bits per heavy atom. The smallest absolute Gasteiger partial charge is 0.387 e. The molecule has 1 aromatic rings. The van der Waals surface area contributed by atoms with Crippen molar-refractivity contribution in [1.82, 2.24) is 10.2 Å². The third-order valence-corrected chi connectivity index (χ3v) is 3.11. The molecule has 23 heavy (non-hydrogen) atoms. The van der Waals surface area contributed by atoms with Crippen LogP contribution in [-0.2, 0) is 9.59 Å². The number of nitrogens with zero attached hydrogens (tertiary/aromatic N) is 1. The van der Waals surface area contributed by atoms with Gasteiger partial charge in [-0.2, -0.15) is 8.78 Å². The molecule has 2 N–H and O–H groups in total. The SMILES string of the molecule is CC1(C)NC(=O)N(CC(=O)Nc2ccc(OC(F)F)cc2)C1=O. The molecule has 1 fully saturated rings. The molecule has 1 heterocycles. The first-order chi connectivity index (χ1) is 10.7. The minimum atomic E-state index is -2.93. The molecule has 0 aromatic heterocycles. The highest BCUT2D eigenvalue weighted by atomic mass is 19.3. The Bertz CT molecular complexity index is 631. The standard InChI is InChI=1S/C14H15F2N3O4/c1-14(2)11(21)19(13(22)18-14)7-10(20)17-8-3-5-9(6-4-8)23-12(15)16/h3-6,12H,7H2,1-2H3,(H,17,20)(H,18,22). The third kappa shape index (κ3) is 3.93. The van der Waals surface area contributed by atoms with Gasteiger partial charge in [0.25, 0.3) is 5.91 Å². The van der Waals surface area contributed by atoms with Crippen LogP contribution in [-0.4, -0.2) is 41.4 Å². The number of carbonyl (C=O) groups excluding carboxylic acids is 3. The van der Waals surface area contributed by atoms with Crippen molar-refractivity contribution in [3.63, 3.8) is 0 Å². The van der Waals surface area contributed by atoms with Crippen molar-refractivity contribution in [1.29, 1.82) is 0 Å². The van der Waals surface area contributed by atoms with E-state index in [0.29, 0.717) is 5.69 Å². The molecule has 0 atom stereocenters. The van der Waals surface area contributed by atoms with Gasteiger partial charge in [0.05, 0.1) is 0 Å². The summed E-state index contributed by atoms with van der Waals surface area (Å²) in [7, 11) is 0. The Balaban J connectivity index is 1.95. The van der Waals surface area contributed by atoms with E-state index in [0.717, 1.165) is 4.90 Å². The number of hydrogen-bond donors (Lipinski definition) is 2. The molecule has 1 aliphatic rings. The van der Waals surface area contributed by atoms with E-state index in [1.54, 1.807) is 0 Å².